The van der Waals surface area contributed by atoms with E-state index in [9.17, 15) is 0 Å². The molecule has 0 unspecified atom stereocenters. The van der Waals surface area contributed by atoms with Gasteiger partial charge in [0.25, 0.3) is 0 Å². The number of hydrogen-bond acceptors (Lipinski definition) is 2. The quantitative estimate of drug-likeness (QED) is 0.806. The molecule has 2 nitrogen and oxygen atoms in total. The minimum absolute atomic E-state index is 0.356. The Balaban J connectivity index is 1.83. The first-order valence-electron chi connectivity index (χ1n) is 6.96. The van der Waals surface area contributed by atoms with Crippen LogP contribution < -0.4 is 5.32 Å². The molecule has 0 spiro atoms. The van der Waals surface area contributed by atoms with Crippen LogP contribution in [0.2, 0.25) is 0 Å². The van der Waals surface area contributed by atoms with E-state index in [0.717, 1.165) is 12.5 Å². The van der Waals surface area contributed by atoms with Gasteiger partial charge in [0.2, 0.25) is 0 Å². The van der Waals surface area contributed by atoms with E-state index in [1.807, 2.05) is 0 Å². The van der Waals surface area contributed by atoms with Crippen LogP contribution in [-0.4, -0.2) is 30.1 Å². The van der Waals surface area contributed by atoms with E-state index in [4.69, 9.17) is 0 Å². The van der Waals surface area contributed by atoms with Gasteiger partial charge in [0.05, 0.1) is 5.54 Å². The summed E-state index contributed by atoms with van der Waals surface area (Å²) in [5, 5.41) is 3.75. The third kappa shape index (κ3) is 3.04. The highest BCUT2D eigenvalue weighted by Gasteiger charge is 2.47. The Morgan fingerprint density at radius 3 is 2.65 bits per heavy atom. The molecule has 98 valence electrons. The van der Waals surface area contributed by atoms with Crippen LogP contribution in [0.3, 0.4) is 0 Å². The number of likely N-dealkylation sites (N-methyl/N-ethyl adjacent to an activating group) is 1. The highest BCUT2D eigenvalue weighted by atomic mass is 15.2. The molecule has 0 aromatic rings. The highest BCUT2D eigenvalue weighted by molar-refractivity contribution is 5.12. The van der Waals surface area contributed by atoms with Crippen molar-refractivity contribution in [1.29, 1.82) is 0 Å². The van der Waals surface area contributed by atoms with E-state index in [1.54, 1.807) is 0 Å². The van der Waals surface area contributed by atoms with Crippen LogP contribution in [0.5, 0.6) is 0 Å². The largest absolute Gasteiger partial charge is 0.382 e. The van der Waals surface area contributed by atoms with Crippen LogP contribution in [0.25, 0.3) is 0 Å². The van der Waals surface area contributed by atoms with E-state index in [-0.39, 0.29) is 0 Å². The lowest BCUT2D eigenvalue weighted by molar-refractivity contribution is 0.230. The standard InChI is InChI=1S/C15H28N2/c1-12(6-8-14(2,3)4)16-15-9-7-13(10-15)17(5)11-15/h13,16H,1,6-11H2,2-5H3/t13-,15-/m0/s1. The van der Waals surface area contributed by atoms with Crippen LogP contribution >= 0.6 is 0 Å². The maximum Gasteiger partial charge on any atom is 0.0512 e. The van der Waals surface area contributed by atoms with Gasteiger partial charge in [-0.3, -0.25) is 0 Å². The van der Waals surface area contributed by atoms with Crippen LogP contribution in [0.15, 0.2) is 12.3 Å². The zero-order valence-electron chi connectivity index (χ0n) is 12.0. The third-order valence-corrected chi connectivity index (χ3v) is 4.38. The molecule has 0 radical (unpaired) electrons. The highest BCUT2D eigenvalue weighted by Crippen LogP contribution is 2.40. The summed E-state index contributed by atoms with van der Waals surface area (Å²) in [6, 6.07) is 0.818. The van der Waals surface area contributed by atoms with Gasteiger partial charge < -0.3 is 10.2 Å². The number of nitrogens with one attached hydrogen (secondary N) is 1. The van der Waals surface area contributed by atoms with Crippen molar-refractivity contribution in [2.24, 2.45) is 5.41 Å². The van der Waals surface area contributed by atoms with Gasteiger partial charge in [-0.25, -0.2) is 0 Å². The second-order valence-electron chi connectivity index (χ2n) is 7.38. The number of nitrogens with zero attached hydrogens (tertiary/aromatic N) is 1. The molecule has 1 aliphatic carbocycles. The molecule has 2 bridgehead atoms. The van der Waals surface area contributed by atoms with E-state index in [2.05, 4.69) is 44.6 Å². The molecule has 2 atom stereocenters. The molecule has 2 aliphatic rings. The Bertz CT molecular complexity index is 299. The van der Waals surface area contributed by atoms with Crippen molar-refractivity contribution in [1.82, 2.24) is 10.2 Å². The van der Waals surface area contributed by atoms with Crippen LogP contribution in [-0.2, 0) is 0 Å². The molecule has 1 aliphatic heterocycles. The van der Waals surface area contributed by atoms with Gasteiger partial charge in [0.1, 0.15) is 0 Å². The van der Waals surface area contributed by atoms with Crippen molar-refractivity contribution in [3.05, 3.63) is 12.3 Å². The first-order chi connectivity index (χ1) is 7.80. The van der Waals surface area contributed by atoms with E-state index >= 15 is 0 Å². The van der Waals surface area contributed by atoms with Gasteiger partial charge in [0.15, 0.2) is 0 Å². The summed E-state index contributed by atoms with van der Waals surface area (Å²) in [5.41, 5.74) is 2.01. The van der Waals surface area contributed by atoms with Gasteiger partial charge in [-0.2, -0.15) is 0 Å². The normalized spacial score (nSPS) is 33.1. The molecule has 0 aromatic heterocycles. The average molecular weight is 236 g/mol. The van der Waals surface area contributed by atoms with E-state index in [1.165, 1.54) is 37.9 Å². The molecule has 1 N–H and O–H groups in total. The SMILES string of the molecule is C=C(CCC(C)(C)C)N[C@@]12CC[C@@H](C1)N(C)C2. The number of likely N-dealkylation sites (tertiary alicyclic amines) is 1. The van der Waals surface area contributed by atoms with Crippen molar-refractivity contribution >= 4 is 0 Å². The molecular weight excluding hydrogens is 208 g/mol. The molecule has 2 rings (SSSR count). The van der Waals surface area contributed by atoms with Crippen LogP contribution in [0.4, 0.5) is 0 Å². The summed E-state index contributed by atoms with van der Waals surface area (Å²) in [6.07, 6.45) is 6.33. The number of hydrogen-bond donors (Lipinski definition) is 1. The Hall–Kier alpha value is -0.500. The van der Waals surface area contributed by atoms with Gasteiger partial charge in [-0.05, 0) is 44.6 Å². The maximum atomic E-state index is 4.23. The first-order valence-corrected chi connectivity index (χ1v) is 6.96. The van der Waals surface area contributed by atoms with Gasteiger partial charge in [0, 0.05) is 18.3 Å². The summed E-state index contributed by atoms with van der Waals surface area (Å²) in [4.78, 5) is 2.51. The molecule has 0 amide bonds. The second kappa shape index (κ2) is 4.31. The van der Waals surface area contributed by atoms with Crippen molar-refractivity contribution in [2.45, 2.75) is 64.5 Å². The Labute approximate surface area is 106 Å². The monoisotopic (exact) mass is 236 g/mol. The molecular formula is C15H28N2. The smallest absolute Gasteiger partial charge is 0.0512 e. The average Bonchev–Trinajstić information content (AvgIpc) is 2.70. The summed E-state index contributed by atoms with van der Waals surface area (Å²) < 4.78 is 0. The zero-order chi connectivity index (χ0) is 12.7. The molecule has 1 saturated carbocycles. The fourth-order valence-corrected chi connectivity index (χ4v) is 3.34. The summed E-state index contributed by atoms with van der Waals surface area (Å²) in [5.74, 6) is 0. The number of fused-ring (bicyclic) bond motifs is 2. The van der Waals surface area contributed by atoms with Gasteiger partial charge in [-0.1, -0.05) is 27.4 Å². The minimum Gasteiger partial charge on any atom is -0.382 e. The zero-order valence-corrected chi connectivity index (χ0v) is 12.0. The van der Waals surface area contributed by atoms with Crippen molar-refractivity contribution < 1.29 is 0 Å². The molecule has 17 heavy (non-hydrogen) atoms. The Morgan fingerprint density at radius 2 is 2.18 bits per heavy atom. The number of rotatable bonds is 4. The molecule has 2 heteroatoms. The topological polar surface area (TPSA) is 15.3 Å². The first kappa shape index (κ1) is 12.9. The van der Waals surface area contributed by atoms with Crippen molar-refractivity contribution in [3.8, 4) is 0 Å². The van der Waals surface area contributed by atoms with Crippen molar-refractivity contribution in [3.63, 3.8) is 0 Å². The molecule has 2 fully saturated rings. The maximum absolute atomic E-state index is 4.23. The molecule has 1 heterocycles. The Kier molecular flexibility index (Phi) is 3.28. The number of piperidine rings is 1. The third-order valence-electron chi connectivity index (χ3n) is 4.38. The lowest BCUT2D eigenvalue weighted by Gasteiger charge is -2.33. The predicted molar refractivity (Wildman–Crippen MR) is 74.0 cm³/mol. The van der Waals surface area contributed by atoms with Crippen LogP contribution in [0.1, 0.15) is 52.9 Å². The van der Waals surface area contributed by atoms with Gasteiger partial charge in [-0.15, -0.1) is 0 Å². The summed E-state index contributed by atoms with van der Waals surface area (Å²) in [7, 11) is 2.26. The molecule has 0 aromatic carbocycles. The minimum atomic E-state index is 0.356. The van der Waals surface area contributed by atoms with E-state index in [0.29, 0.717) is 11.0 Å². The molecule has 1 saturated heterocycles. The lowest BCUT2D eigenvalue weighted by Crippen LogP contribution is -2.47. The number of allylic oxidation sites excluding steroid dienone is 1. The second-order valence-corrected chi connectivity index (χ2v) is 7.38. The predicted octanol–water partition coefficient (Wildman–Crippen LogP) is 3.15. The summed E-state index contributed by atoms with van der Waals surface area (Å²) in [6.45, 7) is 12.3. The van der Waals surface area contributed by atoms with Crippen LogP contribution in [0, 0.1) is 5.41 Å². The fourth-order valence-electron chi connectivity index (χ4n) is 3.34. The summed E-state index contributed by atoms with van der Waals surface area (Å²) >= 11 is 0. The fraction of sp³-hybridized carbons (Fsp3) is 0.867. The lowest BCUT2D eigenvalue weighted by atomic mass is 9.89. The Morgan fingerprint density at radius 1 is 1.47 bits per heavy atom. The van der Waals surface area contributed by atoms with Gasteiger partial charge >= 0.3 is 0 Å². The van der Waals surface area contributed by atoms with E-state index < -0.39 is 0 Å². The van der Waals surface area contributed by atoms with Crippen molar-refractivity contribution in [2.75, 3.05) is 13.6 Å².